The van der Waals surface area contributed by atoms with Crippen molar-refractivity contribution < 1.29 is 17.2 Å². The summed E-state index contributed by atoms with van der Waals surface area (Å²) in [6.07, 6.45) is 0. The summed E-state index contributed by atoms with van der Waals surface area (Å²) in [7, 11) is -3.49. The van der Waals surface area contributed by atoms with Gasteiger partial charge >= 0.3 is 0 Å². The van der Waals surface area contributed by atoms with E-state index in [2.05, 4.69) is 5.32 Å². The molecule has 0 aromatic heterocycles. The van der Waals surface area contributed by atoms with E-state index in [4.69, 9.17) is 5.14 Å². The molecule has 4 nitrogen and oxygen atoms in total. The standard InChI is InChI=1S/C9H12F2N2O2S/c10-8-2-1-7(5-9(8)11)6-13-3-4-16(12,14)15/h1-2,5,13H,3-4,6H2,(H2,12,14,15). The largest absolute Gasteiger partial charge is 0.312 e. The fourth-order valence-electron chi connectivity index (χ4n) is 1.10. The van der Waals surface area contributed by atoms with Crippen LogP contribution in [0.5, 0.6) is 0 Å². The summed E-state index contributed by atoms with van der Waals surface area (Å²) < 4.78 is 46.5. The zero-order valence-corrected chi connectivity index (χ0v) is 9.23. The van der Waals surface area contributed by atoms with Gasteiger partial charge in [-0.2, -0.15) is 0 Å². The van der Waals surface area contributed by atoms with Crippen LogP contribution in [0.25, 0.3) is 0 Å². The van der Waals surface area contributed by atoms with Gasteiger partial charge in [0, 0.05) is 13.1 Å². The van der Waals surface area contributed by atoms with Crippen molar-refractivity contribution in [2.24, 2.45) is 5.14 Å². The Morgan fingerprint density at radius 1 is 1.25 bits per heavy atom. The number of sulfonamides is 1. The van der Waals surface area contributed by atoms with Crippen LogP contribution in [0.4, 0.5) is 8.78 Å². The molecule has 0 spiro atoms. The first kappa shape index (κ1) is 13.0. The highest BCUT2D eigenvalue weighted by molar-refractivity contribution is 7.89. The molecule has 0 fully saturated rings. The third-order valence-electron chi connectivity index (χ3n) is 1.88. The van der Waals surface area contributed by atoms with Crippen molar-refractivity contribution in [3.8, 4) is 0 Å². The Morgan fingerprint density at radius 2 is 1.94 bits per heavy atom. The lowest BCUT2D eigenvalue weighted by atomic mass is 10.2. The molecule has 0 aliphatic heterocycles. The molecule has 0 saturated carbocycles. The maximum atomic E-state index is 12.8. The molecular weight excluding hydrogens is 238 g/mol. The number of hydrogen-bond donors (Lipinski definition) is 2. The van der Waals surface area contributed by atoms with Gasteiger partial charge in [0.15, 0.2) is 11.6 Å². The smallest absolute Gasteiger partial charge is 0.210 e. The molecule has 1 aromatic carbocycles. The number of benzene rings is 1. The summed E-state index contributed by atoms with van der Waals surface area (Å²) in [5, 5.41) is 7.54. The second kappa shape index (κ2) is 5.33. The third-order valence-corrected chi connectivity index (χ3v) is 2.65. The highest BCUT2D eigenvalue weighted by Crippen LogP contribution is 2.08. The van der Waals surface area contributed by atoms with Gasteiger partial charge in [0.2, 0.25) is 10.0 Å². The van der Waals surface area contributed by atoms with Crippen LogP contribution in [0.3, 0.4) is 0 Å². The minimum Gasteiger partial charge on any atom is -0.312 e. The molecule has 0 aliphatic carbocycles. The van der Waals surface area contributed by atoms with Gasteiger partial charge < -0.3 is 5.32 Å². The van der Waals surface area contributed by atoms with Gasteiger partial charge in [0.1, 0.15) is 0 Å². The van der Waals surface area contributed by atoms with E-state index in [0.29, 0.717) is 5.56 Å². The van der Waals surface area contributed by atoms with E-state index in [1.54, 1.807) is 0 Å². The minimum absolute atomic E-state index is 0.165. The lowest BCUT2D eigenvalue weighted by Gasteiger charge is -2.04. The molecule has 0 aliphatic rings. The number of nitrogens with one attached hydrogen (secondary N) is 1. The zero-order valence-electron chi connectivity index (χ0n) is 8.41. The molecule has 0 amide bonds. The van der Waals surface area contributed by atoms with Gasteiger partial charge in [-0.1, -0.05) is 6.07 Å². The highest BCUT2D eigenvalue weighted by atomic mass is 32.2. The predicted octanol–water partition coefficient (Wildman–Crippen LogP) is 0.343. The molecule has 0 saturated heterocycles. The van der Waals surface area contributed by atoms with Crippen molar-refractivity contribution in [3.05, 3.63) is 35.4 Å². The topological polar surface area (TPSA) is 72.2 Å². The molecule has 1 rings (SSSR count). The summed E-state index contributed by atoms with van der Waals surface area (Å²) in [4.78, 5) is 0. The van der Waals surface area contributed by atoms with Gasteiger partial charge in [0.05, 0.1) is 5.75 Å². The third kappa shape index (κ3) is 4.65. The molecule has 0 atom stereocenters. The average molecular weight is 250 g/mol. The van der Waals surface area contributed by atoms with Crippen LogP contribution in [0.2, 0.25) is 0 Å². The first-order chi connectivity index (χ1) is 7.38. The highest BCUT2D eigenvalue weighted by Gasteiger charge is 2.03. The molecular formula is C9H12F2N2O2S. The summed E-state index contributed by atoms with van der Waals surface area (Å²) in [6.45, 7) is 0.421. The number of halogens is 2. The van der Waals surface area contributed by atoms with Crippen molar-refractivity contribution >= 4 is 10.0 Å². The number of hydrogen-bond acceptors (Lipinski definition) is 3. The van der Waals surface area contributed by atoms with Crippen molar-refractivity contribution in [1.29, 1.82) is 0 Å². The summed E-state index contributed by atoms with van der Waals surface area (Å²) in [5.74, 6) is -2.03. The number of rotatable bonds is 5. The quantitative estimate of drug-likeness (QED) is 0.740. The zero-order chi connectivity index (χ0) is 12.2. The van der Waals surface area contributed by atoms with Gasteiger partial charge in [-0.3, -0.25) is 0 Å². The summed E-state index contributed by atoms with van der Waals surface area (Å²) in [6, 6.07) is 3.49. The molecule has 0 radical (unpaired) electrons. The van der Waals surface area contributed by atoms with Crippen LogP contribution in [0, 0.1) is 11.6 Å². The minimum atomic E-state index is -3.49. The molecule has 7 heteroatoms. The maximum absolute atomic E-state index is 12.8. The van der Waals surface area contributed by atoms with Crippen molar-refractivity contribution in [1.82, 2.24) is 5.32 Å². The monoisotopic (exact) mass is 250 g/mol. The Bertz CT molecular complexity index is 463. The van der Waals surface area contributed by atoms with Crippen LogP contribution in [0.15, 0.2) is 18.2 Å². The Balaban J connectivity index is 2.41. The van der Waals surface area contributed by atoms with E-state index in [1.807, 2.05) is 0 Å². The molecule has 16 heavy (non-hydrogen) atoms. The van der Waals surface area contributed by atoms with Crippen LogP contribution in [-0.2, 0) is 16.6 Å². The van der Waals surface area contributed by atoms with E-state index in [9.17, 15) is 17.2 Å². The molecule has 0 heterocycles. The van der Waals surface area contributed by atoms with Gasteiger partial charge in [-0.25, -0.2) is 22.3 Å². The van der Waals surface area contributed by atoms with E-state index in [0.717, 1.165) is 12.1 Å². The number of nitrogens with two attached hydrogens (primary N) is 1. The Kier molecular flexibility index (Phi) is 4.34. The fourth-order valence-corrected chi connectivity index (χ4v) is 1.53. The first-order valence-corrected chi connectivity index (χ1v) is 6.25. The second-order valence-electron chi connectivity index (χ2n) is 3.29. The van der Waals surface area contributed by atoms with Crippen molar-refractivity contribution in [2.45, 2.75) is 6.54 Å². The number of primary sulfonamides is 1. The normalized spacial score (nSPS) is 11.7. The fraction of sp³-hybridized carbons (Fsp3) is 0.333. The lowest BCUT2D eigenvalue weighted by molar-refractivity contribution is 0.506. The SMILES string of the molecule is NS(=O)(=O)CCNCc1ccc(F)c(F)c1. The summed E-state index contributed by atoms with van der Waals surface area (Å²) >= 11 is 0. The van der Waals surface area contributed by atoms with E-state index < -0.39 is 21.7 Å². The van der Waals surface area contributed by atoms with Crippen LogP contribution >= 0.6 is 0 Å². The molecule has 3 N–H and O–H groups in total. The maximum Gasteiger partial charge on any atom is 0.210 e. The van der Waals surface area contributed by atoms with Gasteiger partial charge in [-0.15, -0.1) is 0 Å². The van der Waals surface area contributed by atoms with Crippen LogP contribution in [0.1, 0.15) is 5.56 Å². The van der Waals surface area contributed by atoms with E-state index in [-0.39, 0.29) is 18.8 Å². The van der Waals surface area contributed by atoms with Crippen LogP contribution in [-0.4, -0.2) is 20.7 Å². The van der Waals surface area contributed by atoms with Gasteiger partial charge in [0.25, 0.3) is 0 Å². The van der Waals surface area contributed by atoms with Crippen LogP contribution < -0.4 is 10.5 Å². The summed E-state index contributed by atoms with van der Waals surface area (Å²) in [5.41, 5.74) is 0.535. The van der Waals surface area contributed by atoms with Crippen molar-refractivity contribution in [2.75, 3.05) is 12.3 Å². The second-order valence-corrected chi connectivity index (χ2v) is 5.03. The van der Waals surface area contributed by atoms with Crippen molar-refractivity contribution in [3.63, 3.8) is 0 Å². The van der Waals surface area contributed by atoms with Gasteiger partial charge in [-0.05, 0) is 17.7 Å². The molecule has 0 bridgehead atoms. The Hall–Kier alpha value is -1.05. The molecule has 0 unspecified atom stereocenters. The van der Waals surface area contributed by atoms with E-state index >= 15 is 0 Å². The Morgan fingerprint density at radius 3 is 2.50 bits per heavy atom. The Labute approximate surface area is 92.5 Å². The predicted molar refractivity (Wildman–Crippen MR) is 56.0 cm³/mol. The average Bonchev–Trinajstić information content (AvgIpc) is 2.17. The first-order valence-electron chi connectivity index (χ1n) is 4.53. The molecule has 1 aromatic rings. The molecule has 90 valence electrons. The lowest BCUT2D eigenvalue weighted by Crippen LogP contribution is -2.26. The van der Waals surface area contributed by atoms with E-state index in [1.165, 1.54) is 6.07 Å².